The Kier molecular flexibility index (Phi) is 7.76. The Hall–Kier alpha value is -2.80. The lowest BCUT2D eigenvalue weighted by Gasteiger charge is -2.18. The molecular weight excluding hydrogens is 501 g/mol. The smallest absolute Gasteiger partial charge is 0.465 e. The number of halogens is 4. The number of anilines is 3. The molecule has 0 amide bonds. The number of hydrogen-bond donors (Lipinski definition) is 2. The van der Waals surface area contributed by atoms with Gasteiger partial charge in [-0.05, 0) is 37.0 Å². The molecule has 186 valence electrons. The number of benzene rings is 1. The van der Waals surface area contributed by atoms with Gasteiger partial charge in [0.15, 0.2) is 11.6 Å². The van der Waals surface area contributed by atoms with Gasteiger partial charge in [0.1, 0.15) is 10.6 Å². The standard InChI is InChI=1S/C20H22ClF3N4O5S/c1-3-11-8-13(9-14(18(29)32-2)16(11)33-34(30,31)20(22,23)24)27-19-25-10-15(21)17(28-19)26-12-6-4-5-7-12/h8-10,12H,3-7H2,1-2H3,(H2,25,26,27,28). The van der Waals surface area contributed by atoms with Gasteiger partial charge in [-0.1, -0.05) is 31.4 Å². The topological polar surface area (TPSA) is 120 Å². The number of nitrogens with one attached hydrogen (secondary N) is 2. The summed E-state index contributed by atoms with van der Waals surface area (Å²) in [5.41, 5.74) is -5.99. The highest BCUT2D eigenvalue weighted by Crippen LogP contribution is 2.35. The fourth-order valence-electron chi connectivity index (χ4n) is 3.46. The quantitative estimate of drug-likeness (QED) is 0.286. The van der Waals surface area contributed by atoms with Gasteiger partial charge in [0.05, 0.1) is 13.3 Å². The van der Waals surface area contributed by atoms with Crippen molar-refractivity contribution in [1.82, 2.24) is 9.97 Å². The van der Waals surface area contributed by atoms with Gasteiger partial charge in [-0.2, -0.15) is 26.6 Å². The molecule has 0 bridgehead atoms. The molecule has 2 N–H and O–H groups in total. The van der Waals surface area contributed by atoms with E-state index in [-0.39, 0.29) is 29.7 Å². The van der Waals surface area contributed by atoms with Gasteiger partial charge in [0.25, 0.3) is 0 Å². The van der Waals surface area contributed by atoms with Gasteiger partial charge in [-0.25, -0.2) is 9.78 Å². The van der Waals surface area contributed by atoms with Crippen molar-refractivity contribution in [2.24, 2.45) is 0 Å². The van der Waals surface area contributed by atoms with E-state index in [0.29, 0.717) is 10.8 Å². The second-order valence-electron chi connectivity index (χ2n) is 7.48. The van der Waals surface area contributed by atoms with E-state index in [1.165, 1.54) is 12.3 Å². The Labute approximate surface area is 199 Å². The summed E-state index contributed by atoms with van der Waals surface area (Å²) in [6.45, 7) is 1.55. The van der Waals surface area contributed by atoms with Crippen molar-refractivity contribution >= 4 is 45.1 Å². The van der Waals surface area contributed by atoms with Crippen molar-refractivity contribution in [3.63, 3.8) is 0 Å². The number of carbonyl (C=O) groups is 1. The zero-order chi connectivity index (χ0) is 25.1. The van der Waals surface area contributed by atoms with E-state index < -0.39 is 32.9 Å². The van der Waals surface area contributed by atoms with Crippen molar-refractivity contribution in [1.29, 1.82) is 0 Å². The number of aryl methyl sites for hydroxylation is 1. The number of methoxy groups -OCH3 is 1. The Morgan fingerprint density at radius 2 is 1.94 bits per heavy atom. The molecule has 1 heterocycles. The van der Waals surface area contributed by atoms with Gasteiger partial charge in [-0.15, -0.1) is 0 Å². The Morgan fingerprint density at radius 1 is 1.26 bits per heavy atom. The second-order valence-corrected chi connectivity index (χ2v) is 9.43. The summed E-state index contributed by atoms with van der Waals surface area (Å²) < 4.78 is 70.7. The van der Waals surface area contributed by atoms with Gasteiger partial charge in [-0.3, -0.25) is 0 Å². The zero-order valence-electron chi connectivity index (χ0n) is 18.2. The molecule has 3 rings (SSSR count). The number of ether oxygens (including phenoxy) is 1. The molecule has 34 heavy (non-hydrogen) atoms. The summed E-state index contributed by atoms with van der Waals surface area (Å²) in [6, 6.07) is 2.65. The maximum Gasteiger partial charge on any atom is 0.534 e. The van der Waals surface area contributed by atoms with Crippen LogP contribution in [0.4, 0.5) is 30.6 Å². The van der Waals surface area contributed by atoms with Crippen molar-refractivity contribution < 1.29 is 35.3 Å². The third-order valence-corrected chi connectivity index (χ3v) is 6.35. The van der Waals surface area contributed by atoms with Crippen LogP contribution in [0.5, 0.6) is 5.75 Å². The summed E-state index contributed by atoms with van der Waals surface area (Å²) in [5, 5.41) is 6.42. The first-order valence-electron chi connectivity index (χ1n) is 10.3. The van der Waals surface area contributed by atoms with Crippen LogP contribution in [-0.2, 0) is 21.3 Å². The van der Waals surface area contributed by atoms with E-state index in [1.54, 1.807) is 6.92 Å². The molecule has 0 aliphatic heterocycles. The lowest BCUT2D eigenvalue weighted by molar-refractivity contribution is -0.0500. The molecule has 0 atom stereocenters. The van der Waals surface area contributed by atoms with Crippen LogP contribution in [0.15, 0.2) is 18.3 Å². The molecule has 1 aromatic heterocycles. The molecule has 14 heteroatoms. The third-order valence-electron chi connectivity index (χ3n) is 5.12. The number of alkyl halides is 3. The average molecular weight is 523 g/mol. The molecule has 0 saturated heterocycles. The second kappa shape index (κ2) is 10.2. The van der Waals surface area contributed by atoms with E-state index >= 15 is 0 Å². The Morgan fingerprint density at radius 3 is 2.53 bits per heavy atom. The van der Waals surface area contributed by atoms with Crippen LogP contribution in [0, 0.1) is 0 Å². The number of carbonyl (C=O) groups excluding carboxylic acids is 1. The number of nitrogens with zero attached hydrogens (tertiary/aromatic N) is 2. The van der Waals surface area contributed by atoms with Crippen LogP contribution in [0.2, 0.25) is 5.02 Å². The lowest BCUT2D eigenvalue weighted by atomic mass is 10.1. The van der Waals surface area contributed by atoms with Crippen LogP contribution in [0.3, 0.4) is 0 Å². The minimum absolute atomic E-state index is 0.0106. The summed E-state index contributed by atoms with van der Waals surface area (Å²) in [5.74, 6) is -1.35. The maximum atomic E-state index is 12.9. The van der Waals surface area contributed by atoms with E-state index in [0.717, 1.165) is 38.9 Å². The molecule has 0 unspecified atom stereocenters. The minimum Gasteiger partial charge on any atom is -0.465 e. The maximum absolute atomic E-state index is 12.9. The highest BCUT2D eigenvalue weighted by molar-refractivity contribution is 7.88. The van der Waals surface area contributed by atoms with E-state index in [4.69, 9.17) is 11.6 Å². The zero-order valence-corrected chi connectivity index (χ0v) is 19.8. The SMILES string of the molecule is CCc1cc(Nc2ncc(Cl)c(NC3CCCC3)n2)cc(C(=O)OC)c1OS(=O)(=O)C(F)(F)F. The number of rotatable bonds is 8. The van der Waals surface area contributed by atoms with Crippen LogP contribution < -0.4 is 14.8 Å². The van der Waals surface area contributed by atoms with Crippen molar-refractivity contribution in [3.05, 3.63) is 34.5 Å². The molecule has 1 aliphatic carbocycles. The highest BCUT2D eigenvalue weighted by atomic mass is 35.5. The normalized spacial score (nSPS) is 14.6. The fourth-order valence-corrected chi connectivity index (χ4v) is 4.12. The fraction of sp³-hybridized carbons (Fsp3) is 0.450. The van der Waals surface area contributed by atoms with Gasteiger partial charge in [0, 0.05) is 11.7 Å². The largest absolute Gasteiger partial charge is 0.534 e. The summed E-state index contributed by atoms with van der Waals surface area (Å²) in [7, 11) is -5.02. The van der Waals surface area contributed by atoms with Crippen LogP contribution >= 0.6 is 11.6 Å². The predicted octanol–water partition coefficient (Wildman–Crippen LogP) is 4.81. The highest BCUT2D eigenvalue weighted by Gasteiger charge is 2.49. The van der Waals surface area contributed by atoms with Crippen molar-refractivity contribution in [2.75, 3.05) is 17.7 Å². The van der Waals surface area contributed by atoms with Crippen LogP contribution in [0.1, 0.15) is 48.5 Å². The Balaban J connectivity index is 1.97. The molecule has 1 fully saturated rings. The summed E-state index contributed by atoms with van der Waals surface area (Å²) >= 11 is 6.19. The first-order chi connectivity index (χ1) is 15.9. The van der Waals surface area contributed by atoms with Gasteiger partial charge < -0.3 is 19.6 Å². The molecular formula is C20H22ClF3N4O5S. The van der Waals surface area contributed by atoms with E-state index in [2.05, 4.69) is 29.5 Å². The average Bonchev–Trinajstić information content (AvgIpc) is 3.28. The van der Waals surface area contributed by atoms with Crippen molar-refractivity contribution in [3.8, 4) is 5.75 Å². The number of aromatic nitrogens is 2. The first-order valence-corrected chi connectivity index (χ1v) is 12.1. The summed E-state index contributed by atoms with van der Waals surface area (Å²) in [4.78, 5) is 20.7. The Bertz CT molecular complexity index is 1170. The first kappa shape index (κ1) is 25.8. The van der Waals surface area contributed by atoms with Crippen LogP contribution in [-0.4, -0.2) is 43.0 Å². The van der Waals surface area contributed by atoms with Gasteiger partial charge in [0.2, 0.25) is 5.95 Å². The number of esters is 1. The predicted molar refractivity (Wildman–Crippen MR) is 119 cm³/mol. The molecule has 9 nitrogen and oxygen atoms in total. The molecule has 0 spiro atoms. The molecule has 2 aromatic rings. The molecule has 1 aromatic carbocycles. The van der Waals surface area contributed by atoms with Gasteiger partial charge >= 0.3 is 21.6 Å². The molecule has 0 radical (unpaired) electrons. The monoisotopic (exact) mass is 522 g/mol. The van der Waals surface area contributed by atoms with E-state index in [1.807, 2.05) is 0 Å². The molecule has 1 aliphatic rings. The van der Waals surface area contributed by atoms with E-state index in [9.17, 15) is 26.4 Å². The lowest BCUT2D eigenvalue weighted by Crippen LogP contribution is -2.29. The van der Waals surface area contributed by atoms with Crippen LogP contribution in [0.25, 0.3) is 0 Å². The molecule has 1 saturated carbocycles. The van der Waals surface area contributed by atoms with Crippen molar-refractivity contribution in [2.45, 2.75) is 50.6 Å². The number of hydrogen-bond acceptors (Lipinski definition) is 9. The third kappa shape index (κ3) is 5.81. The summed E-state index contributed by atoms with van der Waals surface area (Å²) in [6.07, 6.45) is 5.57. The minimum atomic E-state index is -6.02.